The summed E-state index contributed by atoms with van der Waals surface area (Å²) in [5.41, 5.74) is -0.521. The van der Waals surface area contributed by atoms with Gasteiger partial charge in [-0.15, -0.1) is 0 Å². The van der Waals surface area contributed by atoms with Crippen molar-refractivity contribution in [3.63, 3.8) is 0 Å². The molecule has 2 amide bonds. The molecule has 3 fully saturated rings. The van der Waals surface area contributed by atoms with Crippen LogP contribution in [0.3, 0.4) is 0 Å². The van der Waals surface area contributed by atoms with Gasteiger partial charge in [0.2, 0.25) is 11.8 Å². The second-order valence-electron chi connectivity index (χ2n) is 8.65. The summed E-state index contributed by atoms with van der Waals surface area (Å²) in [4.78, 5) is 25.0. The first kappa shape index (κ1) is 16.8. The largest absolute Gasteiger partial charge is 0.354 e. The van der Waals surface area contributed by atoms with Gasteiger partial charge in [0.05, 0.1) is 0 Å². The second kappa shape index (κ2) is 6.45. The molecule has 3 saturated carbocycles. The van der Waals surface area contributed by atoms with Crippen molar-refractivity contribution in [3.05, 3.63) is 0 Å². The Balaban J connectivity index is 1.45. The van der Waals surface area contributed by atoms with Gasteiger partial charge in [-0.25, -0.2) is 0 Å². The highest BCUT2D eigenvalue weighted by Crippen LogP contribution is 2.62. The van der Waals surface area contributed by atoms with E-state index in [-0.39, 0.29) is 17.7 Å². The van der Waals surface area contributed by atoms with Crippen LogP contribution in [-0.4, -0.2) is 23.9 Å². The minimum absolute atomic E-state index is 0.0439. The Morgan fingerprint density at radius 3 is 2.35 bits per heavy atom. The van der Waals surface area contributed by atoms with Crippen LogP contribution >= 0.6 is 0 Å². The summed E-state index contributed by atoms with van der Waals surface area (Å²) in [6.45, 7) is 4.40. The lowest BCUT2D eigenvalue weighted by atomic mass is 9.89. The van der Waals surface area contributed by atoms with E-state index in [2.05, 4.69) is 10.6 Å². The van der Waals surface area contributed by atoms with E-state index < -0.39 is 5.54 Å². The average molecular weight is 320 g/mol. The molecule has 3 aliphatic carbocycles. The van der Waals surface area contributed by atoms with E-state index >= 15 is 0 Å². The van der Waals surface area contributed by atoms with Crippen LogP contribution in [0.5, 0.6) is 0 Å². The van der Waals surface area contributed by atoms with Gasteiger partial charge in [-0.2, -0.15) is 0 Å². The zero-order chi connectivity index (χ0) is 16.5. The van der Waals surface area contributed by atoms with Crippen molar-refractivity contribution in [3.8, 4) is 0 Å². The third-order valence-electron chi connectivity index (χ3n) is 6.38. The molecular weight excluding hydrogens is 288 g/mol. The lowest BCUT2D eigenvalue weighted by Crippen LogP contribution is -2.56. The Labute approximate surface area is 140 Å². The molecule has 1 unspecified atom stereocenters. The Kier molecular flexibility index (Phi) is 4.70. The van der Waals surface area contributed by atoms with Crippen molar-refractivity contribution in [1.29, 1.82) is 0 Å². The monoisotopic (exact) mass is 320 g/mol. The summed E-state index contributed by atoms with van der Waals surface area (Å²) in [5, 5.41) is 6.07. The van der Waals surface area contributed by atoms with Gasteiger partial charge in [-0.1, -0.05) is 32.1 Å². The molecule has 3 aliphatic rings. The maximum Gasteiger partial charge on any atom is 0.245 e. The SMILES string of the molecule is CC(C)(NC(=O)C1CC12CCCC2)C(=O)NCC1CCCCC1. The van der Waals surface area contributed by atoms with E-state index in [1.165, 1.54) is 57.8 Å². The molecule has 1 spiro atoms. The molecule has 0 aliphatic heterocycles. The van der Waals surface area contributed by atoms with E-state index in [0.29, 0.717) is 11.3 Å². The minimum Gasteiger partial charge on any atom is -0.354 e. The van der Waals surface area contributed by atoms with Crippen molar-refractivity contribution >= 4 is 11.8 Å². The van der Waals surface area contributed by atoms with Gasteiger partial charge >= 0.3 is 0 Å². The molecule has 4 heteroatoms. The van der Waals surface area contributed by atoms with Crippen LogP contribution in [0, 0.1) is 17.3 Å². The summed E-state index contributed by atoms with van der Waals surface area (Å²) in [6.07, 6.45) is 12.3. The van der Waals surface area contributed by atoms with E-state index in [1.807, 2.05) is 13.8 Å². The van der Waals surface area contributed by atoms with Crippen LogP contribution < -0.4 is 10.6 Å². The van der Waals surface area contributed by atoms with Gasteiger partial charge in [0.15, 0.2) is 0 Å². The minimum atomic E-state index is -0.811. The molecule has 1 atom stereocenters. The average Bonchev–Trinajstić information content (AvgIpc) is 3.03. The lowest BCUT2D eigenvalue weighted by Gasteiger charge is -2.28. The van der Waals surface area contributed by atoms with Crippen molar-refractivity contribution in [1.82, 2.24) is 10.6 Å². The predicted molar refractivity (Wildman–Crippen MR) is 90.8 cm³/mol. The maximum atomic E-state index is 12.5. The molecule has 2 N–H and O–H groups in total. The van der Waals surface area contributed by atoms with E-state index in [1.54, 1.807) is 0 Å². The fourth-order valence-corrected chi connectivity index (χ4v) is 4.65. The van der Waals surface area contributed by atoms with E-state index in [0.717, 1.165) is 13.0 Å². The molecule has 0 radical (unpaired) electrons. The van der Waals surface area contributed by atoms with E-state index in [9.17, 15) is 9.59 Å². The number of hydrogen-bond donors (Lipinski definition) is 2. The second-order valence-corrected chi connectivity index (χ2v) is 8.65. The Bertz CT molecular complexity index is 460. The van der Waals surface area contributed by atoms with E-state index in [4.69, 9.17) is 0 Å². The van der Waals surface area contributed by atoms with Gasteiger partial charge < -0.3 is 10.6 Å². The lowest BCUT2D eigenvalue weighted by molar-refractivity contribution is -0.133. The fraction of sp³-hybridized carbons (Fsp3) is 0.895. The smallest absolute Gasteiger partial charge is 0.245 e. The molecule has 3 rings (SSSR count). The normalized spacial score (nSPS) is 27.0. The first-order valence-corrected chi connectivity index (χ1v) is 9.53. The van der Waals surface area contributed by atoms with Crippen LogP contribution in [0.4, 0.5) is 0 Å². The van der Waals surface area contributed by atoms with Crippen LogP contribution in [0.2, 0.25) is 0 Å². The molecule has 0 saturated heterocycles. The predicted octanol–water partition coefficient (Wildman–Crippen LogP) is 3.16. The molecule has 23 heavy (non-hydrogen) atoms. The van der Waals surface area contributed by atoms with Crippen LogP contribution in [0.15, 0.2) is 0 Å². The summed E-state index contributed by atoms with van der Waals surface area (Å²) in [5.74, 6) is 0.807. The highest BCUT2D eigenvalue weighted by atomic mass is 16.2. The number of hydrogen-bond acceptors (Lipinski definition) is 2. The third-order valence-corrected chi connectivity index (χ3v) is 6.38. The van der Waals surface area contributed by atoms with Crippen molar-refractivity contribution in [2.75, 3.05) is 6.54 Å². The van der Waals surface area contributed by atoms with Crippen molar-refractivity contribution in [2.24, 2.45) is 17.3 Å². The molecule has 130 valence electrons. The number of rotatable bonds is 5. The van der Waals surface area contributed by atoms with Gasteiger partial charge in [-0.3, -0.25) is 9.59 Å². The topological polar surface area (TPSA) is 58.2 Å². The molecule has 0 bridgehead atoms. The molecule has 0 aromatic rings. The quantitative estimate of drug-likeness (QED) is 0.817. The first-order chi connectivity index (χ1) is 10.9. The summed E-state index contributed by atoms with van der Waals surface area (Å²) >= 11 is 0. The maximum absolute atomic E-state index is 12.5. The van der Waals surface area contributed by atoms with Crippen LogP contribution in [0.1, 0.15) is 78.1 Å². The van der Waals surface area contributed by atoms with Gasteiger partial charge in [0.1, 0.15) is 5.54 Å². The van der Waals surface area contributed by atoms with Crippen molar-refractivity contribution in [2.45, 2.75) is 83.6 Å². The Morgan fingerprint density at radius 2 is 1.70 bits per heavy atom. The zero-order valence-corrected chi connectivity index (χ0v) is 14.7. The number of carbonyl (C=O) groups excluding carboxylic acids is 2. The van der Waals surface area contributed by atoms with Crippen molar-refractivity contribution < 1.29 is 9.59 Å². The highest BCUT2D eigenvalue weighted by molar-refractivity contribution is 5.92. The van der Waals surface area contributed by atoms with Gasteiger partial charge in [0.25, 0.3) is 0 Å². The standard InChI is InChI=1S/C19H32N2O2/c1-18(2,17(23)20-13-14-8-4-3-5-9-14)21-16(22)15-12-19(15)10-6-7-11-19/h14-15H,3-13H2,1-2H3,(H,20,23)(H,21,22). The molecular formula is C19H32N2O2. The number of nitrogens with one attached hydrogen (secondary N) is 2. The zero-order valence-electron chi connectivity index (χ0n) is 14.7. The highest BCUT2D eigenvalue weighted by Gasteiger charge is 2.59. The summed E-state index contributed by atoms with van der Waals surface area (Å²) in [7, 11) is 0. The van der Waals surface area contributed by atoms with Crippen LogP contribution in [0.25, 0.3) is 0 Å². The Morgan fingerprint density at radius 1 is 1.04 bits per heavy atom. The van der Waals surface area contributed by atoms with Crippen LogP contribution in [-0.2, 0) is 9.59 Å². The summed E-state index contributed by atoms with van der Waals surface area (Å²) in [6, 6.07) is 0. The van der Waals surface area contributed by atoms with Gasteiger partial charge in [0, 0.05) is 12.5 Å². The third kappa shape index (κ3) is 3.72. The fourth-order valence-electron chi connectivity index (χ4n) is 4.65. The Hall–Kier alpha value is -1.06. The molecule has 0 aromatic carbocycles. The first-order valence-electron chi connectivity index (χ1n) is 9.53. The number of amides is 2. The molecule has 0 heterocycles. The molecule has 0 aromatic heterocycles. The van der Waals surface area contributed by atoms with Gasteiger partial charge in [-0.05, 0) is 57.3 Å². The number of carbonyl (C=O) groups is 2. The summed E-state index contributed by atoms with van der Waals surface area (Å²) < 4.78 is 0. The molecule has 4 nitrogen and oxygen atoms in total.